The number of methoxy groups -OCH3 is 2. The van der Waals surface area contributed by atoms with Crippen LogP contribution in [0.25, 0.3) is 0 Å². The molecule has 3 rings (SSSR count). The van der Waals surface area contributed by atoms with Crippen molar-refractivity contribution in [1.82, 2.24) is 0 Å². The monoisotopic (exact) mass is 344 g/mol. The fourth-order valence-corrected chi connectivity index (χ4v) is 2.37. The van der Waals surface area contributed by atoms with Crippen LogP contribution in [0.5, 0.6) is 17.2 Å². The number of esters is 1. The van der Waals surface area contributed by atoms with E-state index in [0.29, 0.717) is 33.9 Å². The average Bonchev–Trinajstić information content (AvgIpc) is 3.11. The Morgan fingerprint density at radius 1 is 1.00 bits per heavy atom. The van der Waals surface area contributed by atoms with Crippen LogP contribution in [-0.2, 0) is 9.47 Å². The molecule has 2 aromatic rings. The lowest BCUT2D eigenvalue weighted by Gasteiger charge is -2.11. The van der Waals surface area contributed by atoms with E-state index in [1.165, 1.54) is 26.4 Å². The van der Waals surface area contributed by atoms with Gasteiger partial charge in [0, 0.05) is 18.7 Å². The van der Waals surface area contributed by atoms with E-state index in [4.69, 9.17) is 18.9 Å². The van der Waals surface area contributed by atoms with E-state index in [2.05, 4.69) is 4.74 Å². The van der Waals surface area contributed by atoms with Gasteiger partial charge in [-0.25, -0.2) is 4.79 Å². The van der Waals surface area contributed by atoms with E-state index in [9.17, 15) is 9.59 Å². The second kappa shape index (κ2) is 7.23. The Hall–Kier alpha value is -3.06. The summed E-state index contributed by atoms with van der Waals surface area (Å²) in [5, 5.41) is 0. The molecule has 2 aromatic carbocycles. The molecule has 25 heavy (non-hydrogen) atoms. The van der Waals surface area contributed by atoms with Crippen molar-refractivity contribution in [2.75, 3.05) is 27.8 Å². The highest BCUT2D eigenvalue weighted by Crippen LogP contribution is 2.39. The molecule has 130 valence electrons. The first-order valence-electron chi connectivity index (χ1n) is 7.42. The third kappa shape index (κ3) is 3.41. The molecule has 0 radical (unpaired) electrons. The zero-order chi connectivity index (χ0) is 17.8. The first-order chi connectivity index (χ1) is 12.1. The maximum Gasteiger partial charge on any atom is 0.337 e. The molecular weight excluding hydrogens is 328 g/mol. The molecular formula is C18H16O7. The first kappa shape index (κ1) is 16.8. The molecule has 1 aliphatic rings. The van der Waals surface area contributed by atoms with Gasteiger partial charge in [-0.05, 0) is 18.2 Å². The van der Waals surface area contributed by atoms with Crippen LogP contribution in [0.15, 0.2) is 36.4 Å². The number of hydrogen-bond acceptors (Lipinski definition) is 7. The zero-order valence-corrected chi connectivity index (χ0v) is 13.7. The van der Waals surface area contributed by atoms with Crippen molar-refractivity contribution in [3.63, 3.8) is 0 Å². The van der Waals surface area contributed by atoms with Crippen LogP contribution >= 0.6 is 0 Å². The Balaban J connectivity index is 1.94. The van der Waals surface area contributed by atoms with Gasteiger partial charge in [-0.3, -0.25) is 4.79 Å². The number of benzene rings is 2. The Labute approximate surface area is 144 Å². The van der Waals surface area contributed by atoms with Crippen molar-refractivity contribution in [2.24, 2.45) is 0 Å². The van der Waals surface area contributed by atoms with Gasteiger partial charge in [-0.1, -0.05) is 12.1 Å². The summed E-state index contributed by atoms with van der Waals surface area (Å²) in [5.74, 6) is 0.558. The smallest absolute Gasteiger partial charge is 0.337 e. The predicted molar refractivity (Wildman–Crippen MR) is 86.3 cm³/mol. The van der Waals surface area contributed by atoms with Crippen LogP contribution in [-0.4, -0.2) is 39.6 Å². The lowest BCUT2D eigenvalue weighted by molar-refractivity contribution is 0.0502. The van der Waals surface area contributed by atoms with Crippen molar-refractivity contribution in [3.8, 4) is 17.2 Å². The number of ether oxygens (including phenoxy) is 5. The zero-order valence-electron chi connectivity index (χ0n) is 13.7. The highest BCUT2D eigenvalue weighted by atomic mass is 16.7. The number of carbonyl (C=O) groups excluding carboxylic acids is 2. The van der Waals surface area contributed by atoms with E-state index in [1.807, 2.05) is 0 Å². The van der Waals surface area contributed by atoms with Crippen molar-refractivity contribution >= 4 is 11.8 Å². The molecule has 0 saturated heterocycles. The highest BCUT2D eigenvalue weighted by molar-refractivity contribution is 6.11. The van der Waals surface area contributed by atoms with Gasteiger partial charge in [0.2, 0.25) is 6.79 Å². The summed E-state index contributed by atoms with van der Waals surface area (Å²) in [6.45, 7) is 0.0751. The van der Waals surface area contributed by atoms with Gasteiger partial charge >= 0.3 is 5.97 Å². The fraction of sp³-hybridized carbons (Fsp3) is 0.222. The lowest BCUT2D eigenvalue weighted by Crippen LogP contribution is -2.08. The molecule has 1 heterocycles. The van der Waals surface area contributed by atoms with Crippen LogP contribution in [0.4, 0.5) is 0 Å². The van der Waals surface area contributed by atoms with E-state index in [-0.39, 0.29) is 19.4 Å². The van der Waals surface area contributed by atoms with Gasteiger partial charge in [0.05, 0.1) is 18.2 Å². The molecule has 0 aromatic heterocycles. The Kier molecular flexibility index (Phi) is 4.85. The summed E-state index contributed by atoms with van der Waals surface area (Å²) in [4.78, 5) is 24.3. The maximum atomic E-state index is 12.8. The SMILES string of the molecule is COCOc1cc2c(cc1C(=O)c1ccc(C(=O)OC)cc1)OCO2. The van der Waals surface area contributed by atoms with Crippen LogP contribution in [0.2, 0.25) is 0 Å². The normalized spacial score (nSPS) is 11.9. The molecule has 0 atom stereocenters. The van der Waals surface area contributed by atoms with Gasteiger partial charge in [0.1, 0.15) is 5.75 Å². The molecule has 0 amide bonds. The first-order valence-corrected chi connectivity index (χ1v) is 7.42. The van der Waals surface area contributed by atoms with Crippen molar-refractivity contribution in [2.45, 2.75) is 0 Å². The van der Waals surface area contributed by atoms with Gasteiger partial charge in [0.15, 0.2) is 24.1 Å². The second-order valence-corrected chi connectivity index (χ2v) is 5.15. The minimum Gasteiger partial charge on any atom is -0.467 e. The number of fused-ring (bicyclic) bond motifs is 1. The quantitative estimate of drug-likeness (QED) is 0.452. The molecule has 0 N–H and O–H groups in total. The summed E-state index contributed by atoms with van der Waals surface area (Å²) >= 11 is 0. The summed E-state index contributed by atoms with van der Waals surface area (Å²) in [7, 11) is 2.79. The largest absolute Gasteiger partial charge is 0.467 e. The Morgan fingerprint density at radius 3 is 2.28 bits per heavy atom. The molecule has 7 heteroatoms. The lowest BCUT2D eigenvalue weighted by atomic mass is 10.0. The molecule has 0 saturated carbocycles. The molecule has 0 spiro atoms. The van der Waals surface area contributed by atoms with Gasteiger partial charge in [0.25, 0.3) is 0 Å². The molecule has 0 aliphatic carbocycles. The third-order valence-corrected chi connectivity index (χ3v) is 3.62. The van der Waals surface area contributed by atoms with E-state index in [1.54, 1.807) is 24.3 Å². The molecule has 0 unspecified atom stereocenters. The molecule has 0 fully saturated rings. The van der Waals surface area contributed by atoms with Crippen molar-refractivity contribution in [1.29, 1.82) is 0 Å². The standard InChI is InChI=1S/C18H16O7/c1-21-9-23-14-8-16-15(24-10-25-16)7-13(14)17(19)11-3-5-12(6-4-11)18(20)22-2/h3-8H,9-10H2,1-2H3. The number of carbonyl (C=O) groups is 2. The second-order valence-electron chi connectivity index (χ2n) is 5.15. The maximum absolute atomic E-state index is 12.8. The minimum atomic E-state index is -0.466. The highest BCUT2D eigenvalue weighted by Gasteiger charge is 2.23. The van der Waals surface area contributed by atoms with Crippen LogP contribution in [0, 0.1) is 0 Å². The van der Waals surface area contributed by atoms with E-state index >= 15 is 0 Å². The fourth-order valence-electron chi connectivity index (χ4n) is 2.37. The topological polar surface area (TPSA) is 80.3 Å². The Morgan fingerprint density at radius 2 is 1.64 bits per heavy atom. The molecule has 1 aliphatic heterocycles. The van der Waals surface area contributed by atoms with Crippen LogP contribution < -0.4 is 14.2 Å². The summed E-state index contributed by atoms with van der Waals surface area (Å²) in [6.07, 6.45) is 0. The van der Waals surface area contributed by atoms with Gasteiger partial charge < -0.3 is 23.7 Å². The summed E-state index contributed by atoms with van der Waals surface area (Å²) in [5.41, 5.74) is 1.07. The van der Waals surface area contributed by atoms with E-state index < -0.39 is 5.97 Å². The van der Waals surface area contributed by atoms with Gasteiger partial charge in [-0.15, -0.1) is 0 Å². The number of rotatable bonds is 6. The third-order valence-electron chi connectivity index (χ3n) is 3.62. The van der Waals surface area contributed by atoms with E-state index in [0.717, 1.165) is 0 Å². The average molecular weight is 344 g/mol. The van der Waals surface area contributed by atoms with Crippen LogP contribution in [0.1, 0.15) is 26.3 Å². The molecule has 0 bridgehead atoms. The predicted octanol–water partition coefficient (Wildman–Crippen LogP) is 2.42. The minimum absolute atomic E-state index is 0.0127. The molecule has 7 nitrogen and oxygen atoms in total. The summed E-state index contributed by atoms with van der Waals surface area (Å²) < 4.78 is 25.7. The number of hydrogen-bond donors (Lipinski definition) is 0. The Bertz CT molecular complexity index is 796. The summed E-state index contributed by atoms with van der Waals surface area (Å²) in [6, 6.07) is 9.34. The van der Waals surface area contributed by atoms with Crippen LogP contribution in [0.3, 0.4) is 0 Å². The van der Waals surface area contributed by atoms with Crippen molar-refractivity contribution < 1.29 is 33.3 Å². The van der Waals surface area contributed by atoms with Gasteiger partial charge in [-0.2, -0.15) is 0 Å². The number of ketones is 1. The van der Waals surface area contributed by atoms with Crippen molar-refractivity contribution in [3.05, 3.63) is 53.1 Å².